The van der Waals surface area contributed by atoms with Crippen molar-refractivity contribution in [3.63, 3.8) is 0 Å². The highest BCUT2D eigenvalue weighted by Crippen LogP contribution is 2.19. The van der Waals surface area contributed by atoms with E-state index in [4.69, 9.17) is 11.6 Å². The summed E-state index contributed by atoms with van der Waals surface area (Å²) >= 11 is 5.71. The third-order valence-corrected chi connectivity index (χ3v) is 4.22. The van der Waals surface area contributed by atoms with Crippen LogP contribution in [-0.4, -0.2) is 16.8 Å². The number of hydrogen-bond acceptors (Lipinski definition) is 3. The Morgan fingerprint density at radius 2 is 1.71 bits per heavy atom. The summed E-state index contributed by atoms with van der Waals surface area (Å²) in [6.07, 6.45) is 0. The lowest BCUT2D eigenvalue weighted by Gasteiger charge is -2.08. The van der Waals surface area contributed by atoms with Crippen LogP contribution in [0.2, 0.25) is 5.02 Å². The van der Waals surface area contributed by atoms with Crippen molar-refractivity contribution in [2.45, 2.75) is 13.5 Å². The highest BCUT2D eigenvalue weighted by atomic mass is 35.5. The molecular weight excluding hydrogens is 381 g/mol. The molecule has 0 aliphatic heterocycles. The predicted molar refractivity (Wildman–Crippen MR) is 106 cm³/mol. The van der Waals surface area contributed by atoms with Crippen molar-refractivity contribution in [3.8, 4) is 0 Å². The number of aromatic nitrogens is 1. The molecule has 0 unspecified atom stereocenters. The first kappa shape index (κ1) is 19.5. The maximum absolute atomic E-state index is 13.2. The second-order valence-corrected chi connectivity index (χ2v) is 6.57. The zero-order valence-corrected chi connectivity index (χ0v) is 15.8. The minimum Gasteiger partial charge on any atom is -0.347 e. The molecule has 5 nitrogen and oxygen atoms in total. The van der Waals surface area contributed by atoms with Crippen LogP contribution in [0.5, 0.6) is 0 Å². The zero-order chi connectivity index (χ0) is 20.1. The molecule has 0 saturated carbocycles. The summed E-state index contributed by atoms with van der Waals surface area (Å²) in [6, 6.07) is 16.2. The first-order chi connectivity index (χ1) is 13.4. The molecule has 0 atom stereocenters. The SMILES string of the molecule is Cc1cccc(CNC(=O)c2cccc(C(=O)Nc3ccc(F)c(Cl)c3)n2)c1. The number of pyridine rings is 1. The summed E-state index contributed by atoms with van der Waals surface area (Å²) in [5.41, 5.74) is 2.58. The average molecular weight is 398 g/mol. The molecule has 7 heteroatoms. The molecule has 142 valence electrons. The fraction of sp³-hybridized carbons (Fsp3) is 0.0952. The maximum Gasteiger partial charge on any atom is 0.274 e. The van der Waals surface area contributed by atoms with Gasteiger partial charge in [0.1, 0.15) is 17.2 Å². The molecule has 1 heterocycles. The quantitative estimate of drug-likeness (QED) is 0.671. The van der Waals surface area contributed by atoms with E-state index in [0.717, 1.165) is 17.2 Å². The van der Waals surface area contributed by atoms with Gasteiger partial charge in [0.15, 0.2) is 0 Å². The fourth-order valence-electron chi connectivity index (χ4n) is 2.55. The molecule has 3 rings (SSSR count). The molecule has 0 radical (unpaired) electrons. The Labute approximate surface area is 166 Å². The van der Waals surface area contributed by atoms with Crippen molar-refractivity contribution in [2.75, 3.05) is 5.32 Å². The van der Waals surface area contributed by atoms with E-state index in [1.165, 1.54) is 24.3 Å². The van der Waals surface area contributed by atoms with Gasteiger partial charge in [-0.15, -0.1) is 0 Å². The molecule has 2 amide bonds. The van der Waals surface area contributed by atoms with Gasteiger partial charge in [-0.3, -0.25) is 9.59 Å². The van der Waals surface area contributed by atoms with Crippen LogP contribution in [0.4, 0.5) is 10.1 Å². The van der Waals surface area contributed by atoms with Crippen LogP contribution in [0.15, 0.2) is 60.7 Å². The van der Waals surface area contributed by atoms with Gasteiger partial charge in [0, 0.05) is 12.2 Å². The third kappa shape index (κ3) is 4.92. The molecule has 0 bridgehead atoms. The van der Waals surface area contributed by atoms with Gasteiger partial charge in [0.2, 0.25) is 0 Å². The summed E-state index contributed by atoms with van der Waals surface area (Å²) in [7, 11) is 0. The lowest BCUT2D eigenvalue weighted by atomic mass is 10.1. The molecule has 2 aromatic carbocycles. The van der Waals surface area contributed by atoms with E-state index < -0.39 is 11.7 Å². The Hall–Kier alpha value is -3.25. The smallest absolute Gasteiger partial charge is 0.274 e. The lowest BCUT2D eigenvalue weighted by molar-refractivity contribution is 0.0945. The van der Waals surface area contributed by atoms with Crippen molar-refractivity contribution < 1.29 is 14.0 Å². The lowest BCUT2D eigenvalue weighted by Crippen LogP contribution is -2.25. The minimum absolute atomic E-state index is 0.0589. The first-order valence-corrected chi connectivity index (χ1v) is 8.87. The first-order valence-electron chi connectivity index (χ1n) is 8.49. The van der Waals surface area contributed by atoms with Gasteiger partial charge in [-0.1, -0.05) is 47.5 Å². The van der Waals surface area contributed by atoms with Crippen LogP contribution < -0.4 is 10.6 Å². The van der Waals surface area contributed by atoms with Crippen molar-refractivity contribution in [3.05, 3.63) is 94.0 Å². The number of amides is 2. The predicted octanol–water partition coefficient (Wildman–Crippen LogP) is 4.36. The Kier molecular flexibility index (Phi) is 6.01. The summed E-state index contributed by atoms with van der Waals surface area (Å²) in [4.78, 5) is 28.8. The van der Waals surface area contributed by atoms with Crippen LogP contribution >= 0.6 is 11.6 Å². The largest absolute Gasteiger partial charge is 0.347 e. The highest BCUT2D eigenvalue weighted by Gasteiger charge is 2.13. The van der Waals surface area contributed by atoms with E-state index in [0.29, 0.717) is 12.2 Å². The number of aryl methyl sites for hydroxylation is 1. The minimum atomic E-state index is -0.579. The number of nitrogens with zero attached hydrogens (tertiary/aromatic N) is 1. The normalized spacial score (nSPS) is 10.4. The maximum atomic E-state index is 13.2. The van der Waals surface area contributed by atoms with E-state index >= 15 is 0 Å². The number of benzene rings is 2. The van der Waals surface area contributed by atoms with E-state index in [1.807, 2.05) is 31.2 Å². The van der Waals surface area contributed by atoms with Crippen LogP contribution in [0, 0.1) is 12.7 Å². The highest BCUT2D eigenvalue weighted by molar-refractivity contribution is 6.31. The van der Waals surface area contributed by atoms with Crippen molar-refractivity contribution >= 4 is 29.1 Å². The van der Waals surface area contributed by atoms with E-state index in [9.17, 15) is 14.0 Å². The number of carbonyl (C=O) groups is 2. The molecule has 28 heavy (non-hydrogen) atoms. The van der Waals surface area contributed by atoms with Gasteiger partial charge < -0.3 is 10.6 Å². The van der Waals surface area contributed by atoms with Crippen molar-refractivity contribution in [1.82, 2.24) is 10.3 Å². The molecule has 1 aromatic heterocycles. The van der Waals surface area contributed by atoms with E-state index in [2.05, 4.69) is 15.6 Å². The van der Waals surface area contributed by atoms with Crippen LogP contribution in [0.25, 0.3) is 0 Å². The topological polar surface area (TPSA) is 71.1 Å². The monoisotopic (exact) mass is 397 g/mol. The Bertz CT molecular complexity index is 1040. The van der Waals surface area contributed by atoms with Crippen molar-refractivity contribution in [1.29, 1.82) is 0 Å². The molecule has 0 aliphatic carbocycles. The van der Waals surface area contributed by atoms with Crippen LogP contribution in [0.3, 0.4) is 0 Å². The Morgan fingerprint density at radius 3 is 2.43 bits per heavy atom. The van der Waals surface area contributed by atoms with Gasteiger partial charge >= 0.3 is 0 Å². The summed E-state index contributed by atoms with van der Waals surface area (Å²) in [5.74, 6) is -1.50. The summed E-state index contributed by atoms with van der Waals surface area (Å²) < 4.78 is 13.2. The molecule has 0 aliphatic rings. The third-order valence-electron chi connectivity index (χ3n) is 3.93. The number of nitrogens with one attached hydrogen (secondary N) is 2. The Morgan fingerprint density at radius 1 is 1.00 bits per heavy atom. The molecule has 0 spiro atoms. The van der Waals surface area contributed by atoms with Crippen molar-refractivity contribution in [2.24, 2.45) is 0 Å². The fourth-order valence-corrected chi connectivity index (χ4v) is 2.73. The second-order valence-electron chi connectivity index (χ2n) is 6.16. The number of hydrogen-bond donors (Lipinski definition) is 2. The number of carbonyl (C=O) groups excluding carboxylic acids is 2. The summed E-state index contributed by atoms with van der Waals surface area (Å²) in [6.45, 7) is 2.33. The zero-order valence-electron chi connectivity index (χ0n) is 15.0. The van der Waals surface area contributed by atoms with Gasteiger partial charge in [-0.2, -0.15) is 0 Å². The van der Waals surface area contributed by atoms with Crippen LogP contribution in [-0.2, 0) is 6.54 Å². The molecular formula is C21H17ClFN3O2. The standard InChI is InChI=1S/C21H17ClFN3O2/c1-13-4-2-5-14(10-13)12-24-20(27)18-6-3-7-19(26-18)21(28)25-15-8-9-17(23)16(22)11-15/h2-11H,12H2,1H3,(H,24,27)(H,25,28). The van der Waals surface area contributed by atoms with Gasteiger partial charge in [0.05, 0.1) is 5.02 Å². The van der Waals surface area contributed by atoms with Crippen LogP contribution in [0.1, 0.15) is 32.1 Å². The van der Waals surface area contributed by atoms with E-state index in [1.54, 1.807) is 6.07 Å². The number of halogens is 2. The molecule has 3 aromatic rings. The van der Waals surface area contributed by atoms with Gasteiger partial charge in [0.25, 0.3) is 11.8 Å². The molecule has 0 saturated heterocycles. The van der Waals surface area contributed by atoms with Gasteiger partial charge in [-0.25, -0.2) is 9.37 Å². The van der Waals surface area contributed by atoms with E-state index in [-0.39, 0.29) is 22.3 Å². The Balaban J connectivity index is 1.67. The average Bonchev–Trinajstić information content (AvgIpc) is 2.69. The molecule has 0 fully saturated rings. The second kappa shape index (κ2) is 8.63. The molecule has 2 N–H and O–H groups in total. The van der Waals surface area contributed by atoms with Gasteiger partial charge in [-0.05, 0) is 42.8 Å². The summed E-state index contributed by atoms with van der Waals surface area (Å²) in [5, 5.41) is 5.25. The number of anilines is 1. The number of rotatable bonds is 5.